The normalized spacial score (nSPS) is 17.5. The highest BCUT2D eigenvalue weighted by atomic mass is 16.5. The van der Waals surface area contributed by atoms with Crippen molar-refractivity contribution in [1.29, 1.82) is 0 Å². The Balaban J connectivity index is 2.05. The zero-order chi connectivity index (χ0) is 14.6. The summed E-state index contributed by atoms with van der Waals surface area (Å²) in [5.41, 5.74) is -0.194. The van der Waals surface area contributed by atoms with E-state index in [1.165, 1.54) is 0 Å². The molecule has 0 saturated heterocycles. The van der Waals surface area contributed by atoms with Gasteiger partial charge in [0.05, 0.1) is 6.61 Å². The van der Waals surface area contributed by atoms with Crippen molar-refractivity contribution in [2.75, 3.05) is 13.2 Å². The van der Waals surface area contributed by atoms with Crippen molar-refractivity contribution in [2.24, 2.45) is 5.92 Å². The number of aliphatic carboxylic acids is 1. The third kappa shape index (κ3) is 3.11. The van der Waals surface area contributed by atoms with E-state index < -0.39 is 11.5 Å². The number of hydrogen-bond acceptors (Lipinski definition) is 4. The summed E-state index contributed by atoms with van der Waals surface area (Å²) >= 11 is 0. The second-order valence-corrected chi connectivity index (χ2v) is 5.17. The van der Waals surface area contributed by atoms with Crippen LogP contribution in [0, 0.1) is 5.92 Å². The van der Waals surface area contributed by atoms with Crippen molar-refractivity contribution in [2.45, 2.75) is 31.9 Å². The predicted octanol–water partition coefficient (Wildman–Crippen LogP) is 1.40. The minimum Gasteiger partial charge on any atom is -0.491 e. The summed E-state index contributed by atoms with van der Waals surface area (Å²) in [6.45, 7) is 2.59. The fourth-order valence-corrected chi connectivity index (χ4v) is 2.41. The number of hydrogen-bond donors (Lipinski definition) is 3. The van der Waals surface area contributed by atoms with Gasteiger partial charge >= 0.3 is 5.97 Å². The summed E-state index contributed by atoms with van der Waals surface area (Å²) in [6, 6.07) is 7.03. The van der Waals surface area contributed by atoms with Crippen molar-refractivity contribution >= 4 is 5.97 Å². The smallest absolute Gasteiger partial charge is 0.327 e. The number of rotatable bonds is 8. The lowest BCUT2D eigenvalue weighted by atomic mass is 9.94. The molecule has 0 amide bonds. The Morgan fingerprint density at radius 1 is 1.40 bits per heavy atom. The van der Waals surface area contributed by atoms with Crippen molar-refractivity contribution in [3.8, 4) is 5.75 Å². The SMILES string of the molecule is CCNC(COc1ccc(CO)cc1)(C(=O)O)C1CC1. The second-order valence-electron chi connectivity index (χ2n) is 5.17. The summed E-state index contributed by atoms with van der Waals surface area (Å²) in [5, 5.41) is 21.6. The monoisotopic (exact) mass is 279 g/mol. The standard InChI is InChI=1S/C15H21NO4/c1-2-16-15(14(18)19,12-5-6-12)10-20-13-7-3-11(9-17)4-8-13/h3-4,7-8,12,16-17H,2,5-6,9-10H2,1H3,(H,18,19). The van der Waals surface area contributed by atoms with Crippen LogP contribution >= 0.6 is 0 Å². The molecular formula is C15H21NO4. The first-order chi connectivity index (χ1) is 9.62. The lowest BCUT2D eigenvalue weighted by Crippen LogP contribution is -2.58. The van der Waals surface area contributed by atoms with Crippen molar-refractivity contribution in [3.05, 3.63) is 29.8 Å². The number of carboxylic acid groups (broad SMARTS) is 1. The number of aliphatic hydroxyl groups is 1. The molecule has 1 aromatic rings. The summed E-state index contributed by atoms with van der Waals surface area (Å²) in [5.74, 6) is -0.100. The zero-order valence-corrected chi connectivity index (χ0v) is 11.6. The number of nitrogens with one attached hydrogen (secondary N) is 1. The molecule has 2 rings (SSSR count). The number of likely N-dealkylation sites (N-methyl/N-ethyl adjacent to an activating group) is 1. The Bertz CT molecular complexity index is 455. The van der Waals surface area contributed by atoms with Gasteiger partial charge in [-0.05, 0) is 43.0 Å². The number of aliphatic hydroxyl groups excluding tert-OH is 1. The van der Waals surface area contributed by atoms with Gasteiger partial charge in [0.2, 0.25) is 0 Å². The van der Waals surface area contributed by atoms with Gasteiger partial charge in [-0.1, -0.05) is 19.1 Å². The Morgan fingerprint density at radius 3 is 2.50 bits per heavy atom. The first-order valence-electron chi connectivity index (χ1n) is 6.93. The molecule has 20 heavy (non-hydrogen) atoms. The molecule has 110 valence electrons. The van der Waals surface area contributed by atoms with Crippen LogP contribution in [-0.4, -0.2) is 34.9 Å². The molecule has 1 atom stereocenters. The quantitative estimate of drug-likeness (QED) is 0.670. The van der Waals surface area contributed by atoms with Gasteiger partial charge in [0.25, 0.3) is 0 Å². The van der Waals surface area contributed by atoms with Crippen molar-refractivity contribution < 1.29 is 19.7 Å². The third-order valence-electron chi connectivity index (χ3n) is 3.72. The summed E-state index contributed by atoms with van der Waals surface area (Å²) in [6.07, 6.45) is 1.85. The Kier molecular flexibility index (Phi) is 4.62. The topological polar surface area (TPSA) is 78.8 Å². The minimum absolute atomic E-state index is 0.0151. The van der Waals surface area contributed by atoms with E-state index in [0.29, 0.717) is 12.3 Å². The molecule has 0 heterocycles. The van der Waals surface area contributed by atoms with Gasteiger partial charge in [-0.15, -0.1) is 0 Å². The fourth-order valence-electron chi connectivity index (χ4n) is 2.41. The second kappa shape index (κ2) is 6.24. The molecular weight excluding hydrogens is 258 g/mol. The predicted molar refractivity (Wildman–Crippen MR) is 74.6 cm³/mol. The van der Waals surface area contributed by atoms with E-state index in [1.807, 2.05) is 6.92 Å². The minimum atomic E-state index is -0.996. The van der Waals surface area contributed by atoms with Crippen LogP contribution in [0.15, 0.2) is 24.3 Å². The fraction of sp³-hybridized carbons (Fsp3) is 0.533. The first-order valence-corrected chi connectivity index (χ1v) is 6.93. The zero-order valence-electron chi connectivity index (χ0n) is 11.6. The van der Waals surface area contributed by atoms with E-state index in [2.05, 4.69) is 5.32 Å². The van der Waals surface area contributed by atoms with E-state index in [1.54, 1.807) is 24.3 Å². The maximum absolute atomic E-state index is 11.6. The van der Waals surface area contributed by atoms with Gasteiger partial charge in [-0.25, -0.2) is 0 Å². The van der Waals surface area contributed by atoms with Crippen LogP contribution in [0.4, 0.5) is 0 Å². The number of benzene rings is 1. The highest BCUT2D eigenvalue weighted by Gasteiger charge is 2.51. The molecule has 1 aliphatic carbocycles. The Morgan fingerprint density at radius 2 is 2.05 bits per heavy atom. The Labute approximate surface area is 118 Å². The number of carbonyl (C=O) groups is 1. The highest BCUT2D eigenvalue weighted by molar-refractivity contribution is 5.80. The lowest BCUT2D eigenvalue weighted by molar-refractivity contribution is -0.147. The van der Waals surface area contributed by atoms with Crippen LogP contribution in [0.2, 0.25) is 0 Å². The van der Waals surface area contributed by atoms with Crippen molar-refractivity contribution in [1.82, 2.24) is 5.32 Å². The molecule has 5 nitrogen and oxygen atoms in total. The summed E-state index contributed by atoms with van der Waals surface area (Å²) in [7, 11) is 0. The van der Waals surface area contributed by atoms with Gasteiger partial charge in [0.1, 0.15) is 12.4 Å². The van der Waals surface area contributed by atoms with Crippen LogP contribution in [0.3, 0.4) is 0 Å². The van der Waals surface area contributed by atoms with Gasteiger partial charge in [-0.3, -0.25) is 10.1 Å². The first kappa shape index (κ1) is 14.8. The van der Waals surface area contributed by atoms with E-state index in [-0.39, 0.29) is 19.1 Å². The molecule has 0 bridgehead atoms. The van der Waals surface area contributed by atoms with Gasteiger partial charge in [0, 0.05) is 0 Å². The van der Waals surface area contributed by atoms with E-state index in [9.17, 15) is 9.90 Å². The molecule has 1 fully saturated rings. The molecule has 0 aliphatic heterocycles. The maximum Gasteiger partial charge on any atom is 0.327 e. The van der Waals surface area contributed by atoms with Crippen LogP contribution in [0.1, 0.15) is 25.3 Å². The van der Waals surface area contributed by atoms with E-state index in [4.69, 9.17) is 9.84 Å². The van der Waals surface area contributed by atoms with E-state index >= 15 is 0 Å². The van der Waals surface area contributed by atoms with Gasteiger partial charge < -0.3 is 14.9 Å². The molecule has 1 aliphatic rings. The van der Waals surface area contributed by atoms with Crippen molar-refractivity contribution in [3.63, 3.8) is 0 Å². The van der Waals surface area contributed by atoms with Crippen LogP contribution in [0.5, 0.6) is 5.75 Å². The van der Waals surface area contributed by atoms with Crippen LogP contribution in [0.25, 0.3) is 0 Å². The molecule has 0 aromatic heterocycles. The number of ether oxygens (including phenoxy) is 1. The molecule has 3 N–H and O–H groups in total. The van der Waals surface area contributed by atoms with Gasteiger partial charge in [0.15, 0.2) is 5.54 Å². The largest absolute Gasteiger partial charge is 0.491 e. The number of carboxylic acids is 1. The third-order valence-corrected chi connectivity index (χ3v) is 3.72. The van der Waals surface area contributed by atoms with Crippen LogP contribution in [-0.2, 0) is 11.4 Å². The highest BCUT2D eigenvalue weighted by Crippen LogP contribution is 2.40. The van der Waals surface area contributed by atoms with Crippen LogP contribution < -0.4 is 10.1 Å². The molecule has 1 unspecified atom stereocenters. The maximum atomic E-state index is 11.6. The average Bonchev–Trinajstić information content (AvgIpc) is 3.28. The summed E-state index contributed by atoms with van der Waals surface area (Å²) < 4.78 is 5.66. The average molecular weight is 279 g/mol. The molecule has 5 heteroatoms. The van der Waals surface area contributed by atoms with Gasteiger partial charge in [-0.2, -0.15) is 0 Å². The molecule has 1 aromatic carbocycles. The molecule has 0 spiro atoms. The van der Waals surface area contributed by atoms with E-state index in [0.717, 1.165) is 18.4 Å². The molecule has 0 radical (unpaired) electrons. The lowest BCUT2D eigenvalue weighted by Gasteiger charge is -2.30. The molecule has 1 saturated carbocycles. The Hall–Kier alpha value is -1.59. The summed E-state index contributed by atoms with van der Waals surface area (Å²) in [4.78, 5) is 11.6.